The highest BCUT2D eigenvalue weighted by molar-refractivity contribution is 5.37. The maximum atomic E-state index is 3.74. The van der Waals surface area contributed by atoms with Crippen LogP contribution in [0.5, 0.6) is 0 Å². The van der Waals surface area contributed by atoms with Gasteiger partial charge < -0.3 is 0 Å². The second-order valence-corrected chi connectivity index (χ2v) is 3.14. The lowest BCUT2D eigenvalue weighted by molar-refractivity contribution is 1.20. The minimum absolute atomic E-state index is 1.27. The summed E-state index contributed by atoms with van der Waals surface area (Å²) < 4.78 is 0. The first kappa shape index (κ1) is 10.2. The van der Waals surface area contributed by atoms with E-state index in [0.29, 0.717) is 0 Å². The third-order valence-corrected chi connectivity index (χ3v) is 2.21. The number of hydrogen-bond donors (Lipinski definition) is 0. The Morgan fingerprint density at radius 2 is 1.36 bits per heavy atom. The van der Waals surface area contributed by atoms with Crippen molar-refractivity contribution in [1.82, 2.24) is 0 Å². The fourth-order valence-electron chi connectivity index (χ4n) is 0.824. The van der Waals surface area contributed by atoms with Crippen LogP contribution < -0.4 is 0 Å². The van der Waals surface area contributed by atoms with Crippen LogP contribution >= 0.6 is 0 Å². The summed E-state index contributed by atoms with van der Waals surface area (Å²) in [7, 11) is 0. The van der Waals surface area contributed by atoms with Crippen LogP contribution in [0.2, 0.25) is 0 Å². The van der Waals surface area contributed by atoms with E-state index in [4.69, 9.17) is 0 Å². The minimum Gasteiger partial charge on any atom is -0.0988 e. The van der Waals surface area contributed by atoms with Gasteiger partial charge in [0, 0.05) is 0 Å². The summed E-state index contributed by atoms with van der Waals surface area (Å²) in [5.41, 5.74) is 5.37. The van der Waals surface area contributed by atoms with Crippen molar-refractivity contribution in [2.45, 2.75) is 34.6 Å². The smallest absolute Gasteiger partial charge is 0.0393 e. The van der Waals surface area contributed by atoms with Gasteiger partial charge in [-0.15, -0.1) is 0 Å². The van der Waals surface area contributed by atoms with E-state index < -0.39 is 0 Å². The molecule has 0 rings (SSSR count). The first-order chi connectivity index (χ1) is 5.00. The second kappa shape index (κ2) is 4.17. The lowest BCUT2D eigenvalue weighted by Crippen LogP contribution is -1.86. The summed E-state index contributed by atoms with van der Waals surface area (Å²) in [5, 5.41) is 0. The first-order valence-electron chi connectivity index (χ1n) is 3.95. The molecule has 0 radical (unpaired) electrons. The Balaban J connectivity index is 4.90. The third-order valence-electron chi connectivity index (χ3n) is 2.21. The topological polar surface area (TPSA) is 0 Å². The maximum absolute atomic E-state index is 3.74. The van der Waals surface area contributed by atoms with Gasteiger partial charge in [0.1, 0.15) is 0 Å². The summed E-state index contributed by atoms with van der Waals surface area (Å²) in [4.78, 5) is 0. The summed E-state index contributed by atoms with van der Waals surface area (Å²) in [6.07, 6.45) is 1.90. The molecule has 0 spiro atoms. The highest BCUT2D eigenvalue weighted by Crippen LogP contribution is 2.17. The SMILES string of the molecule is C=C/C(C)=C(/C)C(C)=C(C)C. The Hall–Kier alpha value is -0.780. The van der Waals surface area contributed by atoms with Crippen molar-refractivity contribution in [1.29, 1.82) is 0 Å². The molecule has 0 aliphatic carbocycles. The van der Waals surface area contributed by atoms with Crippen LogP contribution in [-0.2, 0) is 0 Å². The van der Waals surface area contributed by atoms with E-state index in [1.807, 2.05) is 6.08 Å². The Morgan fingerprint density at radius 1 is 0.909 bits per heavy atom. The van der Waals surface area contributed by atoms with E-state index in [1.54, 1.807) is 0 Å². The standard InChI is InChI=1S/C11H18/c1-7-9(4)11(6)10(5)8(2)3/h7H,1H2,2-6H3/b11-9-. The van der Waals surface area contributed by atoms with E-state index in [-0.39, 0.29) is 0 Å². The molecule has 0 atom stereocenters. The van der Waals surface area contributed by atoms with Crippen LogP contribution in [0.15, 0.2) is 34.9 Å². The molecular formula is C11H18. The molecule has 0 N–H and O–H groups in total. The monoisotopic (exact) mass is 150 g/mol. The number of hydrogen-bond acceptors (Lipinski definition) is 0. The lowest BCUT2D eigenvalue weighted by atomic mass is 10.0. The minimum atomic E-state index is 1.27. The number of rotatable bonds is 2. The van der Waals surface area contributed by atoms with Crippen molar-refractivity contribution in [2.75, 3.05) is 0 Å². The average Bonchev–Trinajstić information content (AvgIpc) is 2.00. The molecular weight excluding hydrogens is 132 g/mol. The van der Waals surface area contributed by atoms with Crippen LogP contribution in [0.1, 0.15) is 34.6 Å². The van der Waals surface area contributed by atoms with Gasteiger partial charge in [0.05, 0.1) is 0 Å². The van der Waals surface area contributed by atoms with Gasteiger partial charge in [-0.2, -0.15) is 0 Å². The molecule has 0 heteroatoms. The van der Waals surface area contributed by atoms with Crippen molar-refractivity contribution in [3.63, 3.8) is 0 Å². The van der Waals surface area contributed by atoms with Crippen molar-refractivity contribution in [3.8, 4) is 0 Å². The molecule has 0 nitrogen and oxygen atoms in total. The molecule has 0 aromatic rings. The number of allylic oxidation sites excluding steroid dienone is 5. The Morgan fingerprint density at radius 3 is 1.64 bits per heavy atom. The van der Waals surface area contributed by atoms with E-state index >= 15 is 0 Å². The van der Waals surface area contributed by atoms with Gasteiger partial charge in [-0.25, -0.2) is 0 Å². The predicted molar refractivity (Wildman–Crippen MR) is 52.6 cm³/mol. The fourth-order valence-corrected chi connectivity index (χ4v) is 0.824. The van der Waals surface area contributed by atoms with Crippen LogP contribution in [-0.4, -0.2) is 0 Å². The molecule has 0 amide bonds. The zero-order chi connectivity index (χ0) is 9.02. The summed E-state index contributed by atoms with van der Waals surface area (Å²) in [5.74, 6) is 0. The van der Waals surface area contributed by atoms with Crippen LogP contribution in [0.3, 0.4) is 0 Å². The van der Waals surface area contributed by atoms with Gasteiger partial charge in [-0.3, -0.25) is 0 Å². The quantitative estimate of drug-likeness (QED) is 0.524. The van der Waals surface area contributed by atoms with Gasteiger partial charge in [0.25, 0.3) is 0 Å². The molecule has 0 bridgehead atoms. The molecule has 0 saturated carbocycles. The summed E-state index contributed by atoms with van der Waals surface area (Å²) in [6, 6.07) is 0. The zero-order valence-corrected chi connectivity index (χ0v) is 8.28. The molecule has 0 aromatic carbocycles. The first-order valence-corrected chi connectivity index (χ1v) is 3.95. The van der Waals surface area contributed by atoms with Crippen LogP contribution in [0, 0.1) is 0 Å². The Labute approximate surface area is 70.3 Å². The highest BCUT2D eigenvalue weighted by Gasteiger charge is 1.96. The molecule has 0 saturated heterocycles. The Bertz CT molecular complexity index is 210. The molecule has 0 fully saturated rings. The third kappa shape index (κ3) is 2.75. The molecule has 11 heavy (non-hydrogen) atoms. The molecule has 0 aliphatic rings. The van der Waals surface area contributed by atoms with Crippen LogP contribution in [0.4, 0.5) is 0 Å². The van der Waals surface area contributed by atoms with Crippen molar-refractivity contribution in [3.05, 3.63) is 34.9 Å². The normalized spacial score (nSPS) is 12.1. The molecule has 62 valence electrons. The highest BCUT2D eigenvalue weighted by atomic mass is 14.0. The van der Waals surface area contributed by atoms with E-state index in [9.17, 15) is 0 Å². The van der Waals surface area contributed by atoms with Gasteiger partial charge in [-0.05, 0) is 51.3 Å². The van der Waals surface area contributed by atoms with Crippen LogP contribution in [0.25, 0.3) is 0 Å². The van der Waals surface area contributed by atoms with E-state index in [1.165, 1.54) is 22.3 Å². The zero-order valence-electron chi connectivity index (χ0n) is 8.28. The van der Waals surface area contributed by atoms with Gasteiger partial charge >= 0.3 is 0 Å². The molecule has 0 unspecified atom stereocenters. The summed E-state index contributed by atoms with van der Waals surface area (Å²) >= 11 is 0. The van der Waals surface area contributed by atoms with Gasteiger partial charge in [0.15, 0.2) is 0 Å². The largest absolute Gasteiger partial charge is 0.0988 e. The van der Waals surface area contributed by atoms with Gasteiger partial charge in [-0.1, -0.05) is 18.2 Å². The molecule has 0 aliphatic heterocycles. The maximum Gasteiger partial charge on any atom is -0.0393 e. The second-order valence-electron chi connectivity index (χ2n) is 3.14. The Kier molecular flexibility index (Phi) is 3.88. The lowest BCUT2D eigenvalue weighted by Gasteiger charge is -2.06. The molecule has 0 heterocycles. The van der Waals surface area contributed by atoms with Crippen molar-refractivity contribution < 1.29 is 0 Å². The average molecular weight is 150 g/mol. The molecule has 0 aromatic heterocycles. The fraction of sp³-hybridized carbons (Fsp3) is 0.455. The van der Waals surface area contributed by atoms with Crippen molar-refractivity contribution in [2.24, 2.45) is 0 Å². The van der Waals surface area contributed by atoms with E-state index in [2.05, 4.69) is 41.2 Å². The summed E-state index contributed by atoms with van der Waals surface area (Å²) in [6.45, 7) is 14.4. The van der Waals surface area contributed by atoms with E-state index in [0.717, 1.165) is 0 Å². The predicted octanol–water partition coefficient (Wildman–Crippen LogP) is 3.87. The van der Waals surface area contributed by atoms with Gasteiger partial charge in [0.2, 0.25) is 0 Å². The van der Waals surface area contributed by atoms with Crippen molar-refractivity contribution >= 4 is 0 Å².